The molecule has 78 valence electrons. The number of hydrogen-bond acceptors (Lipinski definition) is 3. The summed E-state index contributed by atoms with van der Waals surface area (Å²) < 4.78 is 22.7. The second-order valence-electron chi connectivity index (χ2n) is 2.93. The molecule has 1 aromatic heterocycles. The highest BCUT2D eigenvalue weighted by molar-refractivity contribution is 8.15. The highest BCUT2D eigenvalue weighted by Gasteiger charge is 2.17. The predicted octanol–water partition coefficient (Wildman–Crippen LogP) is 3.34. The summed E-state index contributed by atoms with van der Waals surface area (Å²) in [6.07, 6.45) is 0. The summed E-state index contributed by atoms with van der Waals surface area (Å²) in [5.74, 6) is 0. The molecule has 0 fully saturated rings. The summed E-state index contributed by atoms with van der Waals surface area (Å²) in [6.45, 7) is 0. The van der Waals surface area contributed by atoms with E-state index in [1.165, 1.54) is 0 Å². The Balaban J connectivity index is 2.61. The van der Waals surface area contributed by atoms with E-state index in [2.05, 4.69) is 0 Å². The third-order valence-corrected chi connectivity index (χ3v) is 4.99. The Bertz CT molecular complexity index is 558. The van der Waals surface area contributed by atoms with Gasteiger partial charge >= 0.3 is 0 Å². The first kappa shape index (κ1) is 10.7. The first-order valence-electron chi connectivity index (χ1n) is 4.16. The molecule has 0 aliphatic carbocycles. The van der Waals surface area contributed by atoms with Gasteiger partial charge in [-0.15, -0.1) is 11.3 Å². The SMILES string of the molecule is O=S(=O)(Cl)c1sccc1-c1ccccc1. The minimum atomic E-state index is -3.65. The fourth-order valence-corrected chi connectivity index (χ4v) is 3.61. The third-order valence-electron chi connectivity index (χ3n) is 1.94. The minimum Gasteiger partial charge on any atom is -0.206 e. The lowest BCUT2D eigenvalue weighted by atomic mass is 10.1. The summed E-state index contributed by atoms with van der Waals surface area (Å²) in [5.41, 5.74) is 1.52. The van der Waals surface area contributed by atoms with Gasteiger partial charge in [-0.3, -0.25) is 0 Å². The molecule has 1 heterocycles. The molecule has 0 radical (unpaired) electrons. The second kappa shape index (κ2) is 3.96. The minimum absolute atomic E-state index is 0.204. The van der Waals surface area contributed by atoms with Gasteiger partial charge in [0.25, 0.3) is 9.05 Å². The van der Waals surface area contributed by atoms with Crippen LogP contribution in [-0.2, 0) is 9.05 Å². The van der Waals surface area contributed by atoms with Crippen molar-refractivity contribution in [2.45, 2.75) is 4.21 Å². The largest absolute Gasteiger partial charge is 0.271 e. The van der Waals surface area contributed by atoms with Gasteiger partial charge in [-0.1, -0.05) is 30.3 Å². The summed E-state index contributed by atoms with van der Waals surface area (Å²) in [5, 5.41) is 1.72. The molecule has 0 aliphatic heterocycles. The van der Waals surface area contributed by atoms with Gasteiger partial charge in [-0.25, -0.2) is 8.42 Å². The zero-order valence-corrected chi connectivity index (χ0v) is 9.94. The summed E-state index contributed by atoms with van der Waals surface area (Å²) in [6, 6.07) is 11.1. The Morgan fingerprint density at radius 3 is 2.33 bits per heavy atom. The van der Waals surface area contributed by atoms with Crippen molar-refractivity contribution in [3.8, 4) is 11.1 Å². The van der Waals surface area contributed by atoms with E-state index in [9.17, 15) is 8.42 Å². The molecule has 0 spiro atoms. The van der Waals surface area contributed by atoms with E-state index in [-0.39, 0.29) is 4.21 Å². The van der Waals surface area contributed by atoms with E-state index in [4.69, 9.17) is 10.7 Å². The molecule has 0 bridgehead atoms. The first-order chi connectivity index (χ1) is 7.09. The van der Waals surface area contributed by atoms with Crippen LogP contribution in [0.3, 0.4) is 0 Å². The van der Waals surface area contributed by atoms with E-state index >= 15 is 0 Å². The van der Waals surface area contributed by atoms with Crippen LogP contribution >= 0.6 is 22.0 Å². The van der Waals surface area contributed by atoms with Gasteiger partial charge < -0.3 is 0 Å². The average molecular weight is 259 g/mol. The van der Waals surface area contributed by atoms with E-state index in [0.29, 0.717) is 5.56 Å². The van der Waals surface area contributed by atoms with Crippen LogP contribution in [0.2, 0.25) is 0 Å². The number of halogens is 1. The Kier molecular flexibility index (Phi) is 2.82. The maximum absolute atomic E-state index is 11.3. The maximum atomic E-state index is 11.3. The smallest absolute Gasteiger partial charge is 0.206 e. The van der Waals surface area contributed by atoms with Gasteiger partial charge in [-0.05, 0) is 17.0 Å². The van der Waals surface area contributed by atoms with Gasteiger partial charge in [0, 0.05) is 16.2 Å². The monoisotopic (exact) mass is 258 g/mol. The quantitative estimate of drug-likeness (QED) is 0.775. The van der Waals surface area contributed by atoms with Crippen LogP contribution < -0.4 is 0 Å². The maximum Gasteiger partial charge on any atom is 0.271 e. The van der Waals surface area contributed by atoms with Crippen LogP contribution in [0, 0.1) is 0 Å². The molecule has 0 N–H and O–H groups in total. The van der Waals surface area contributed by atoms with Crippen molar-refractivity contribution in [2.75, 3.05) is 0 Å². The summed E-state index contributed by atoms with van der Waals surface area (Å²) in [7, 11) is 1.69. The molecule has 2 rings (SSSR count). The Hall–Kier alpha value is -0.840. The van der Waals surface area contributed by atoms with E-state index in [0.717, 1.165) is 16.9 Å². The normalized spacial score (nSPS) is 11.5. The number of benzene rings is 1. The molecule has 0 aliphatic rings. The molecule has 0 amide bonds. The van der Waals surface area contributed by atoms with E-state index in [1.54, 1.807) is 11.4 Å². The lowest BCUT2D eigenvalue weighted by Gasteiger charge is -1.99. The molecule has 5 heteroatoms. The molecule has 0 unspecified atom stereocenters. The molecule has 0 saturated heterocycles. The van der Waals surface area contributed by atoms with Crippen molar-refractivity contribution in [1.82, 2.24) is 0 Å². The van der Waals surface area contributed by atoms with Crippen molar-refractivity contribution >= 4 is 31.1 Å². The summed E-state index contributed by atoms with van der Waals surface area (Å²) in [4.78, 5) is 0. The van der Waals surface area contributed by atoms with E-state index in [1.807, 2.05) is 30.3 Å². The van der Waals surface area contributed by atoms with Crippen molar-refractivity contribution in [1.29, 1.82) is 0 Å². The van der Waals surface area contributed by atoms with Crippen LogP contribution in [0.25, 0.3) is 11.1 Å². The van der Waals surface area contributed by atoms with Gasteiger partial charge in [0.2, 0.25) is 0 Å². The van der Waals surface area contributed by atoms with Crippen molar-refractivity contribution in [3.05, 3.63) is 41.8 Å². The van der Waals surface area contributed by atoms with Crippen LogP contribution in [0.1, 0.15) is 0 Å². The van der Waals surface area contributed by atoms with Gasteiger partial charge in [0.15, 0.2) is 0 Å². The van der Waals surface area contributed by atoms with Crippen molar-refractivity contribution < 1.29 is 8.42 Å². The van der Waals surface area contributed by atoms with Gasteiger partial charge in [-0.2, -0.15) is 0 Å². The average Bonchev–Trinajstić information content (AvgIpc) is 2.67. The van der Waals surface area contributed by atoms with Crippen LogP contribution in [-0.4, -0.2) is 8.42 Å². The Morgan fingerprint density at radius 2 is 1.73 bits per heavy atom. The molecule has 15 heavy (non-hydrogen) atoms. The van der Waals surface area contributed by atoms with Crippen LogP contribution in [0.5, 0.6) is 0 Å². The third kappa shape index (κ3) is 2.22. The zero-order chi connectivity index (χ0) is 10.9. The molecule has 2 aromatic rings. The topological polar surface area (TPSA) is 34.1 Å². The lowest BCUT2D eigenvalue weighted by molar-refractivity contribution is 0.611. The van der Waals surface area contributed by atoms with Crippen molar-refractivity contribution in [3.63, 3.8) is 0 Å². The standard InChI is InChI=1S/C10H7ClO2S2/c11-15(12,13)10-9(6-7-14-10)8-4-2-1-3-5-8/h1-7H. The van der Waals surface area contributed by atoms with Gasteiger partial charge in [0.05, 0.1) is 0 Å². The molecule has 1 aromatic carbocycles. The van der Waals surface area contributed by atoms with E-state index < -0.39 is 9.05 Å². The highest BCUT2D eigenvalue weighted by atomic mass is 35.7. The second-order valence-corrected chi connectivity index (χ2v) is 6.60. The number of rotatable bonds is 2. The molecule has 0 saturated carbocycles. The number of thiophene rings is 1. The first-order valence-corrected chi connectivity index (χ1v) is 7.35. The highest BCUT2D eigenvalue weighted by Crippen LogP contribution is 2.33. The lowest BCUT2D eigenvalue weighted by Crippen LogP contribution is -1.88. The molecular formula is C10H7ClO2S2. The van der Waals surface area contributed by atoms with Gasteiger partial charge in [0.1, 0.15) is 4.21 Å². The fraction of sp³-hybridized carbons (Fsp3) is 0. The molecule has 0 atom stereocenters. The molecule has 2 nitrogen and oxygen atoms in total. The van der Waals surface area contributed by atoms with Crippen LogP contribution in [0.15, 0.2) is 46.0 Å². The predicted molar refractivity (Wildman–Crippen MR) is 62.8 cm³/mol. The summed E-state index contributed by atoms with van der Waals surface area (Å²) >= 11 is 1.13. The Labute approximate surface area is 96.6 Å². The van der Waals surface area contributed by atoms with Crippen molar-refractivity contribution in [2.24, 2.45) is 0 Å². The number of hydrogen-bond donors (Lipinski definition) is 0. The fourth-order valence-electron chi connectivity index (χ4n) is 1.32. The zero-order valence-electron chi connectivity index (χ0n) is 7.55. The van der Waals surface area contributed by atoms with Crippen LogP contribution in [0.4, 0.5) is 0 Å². The molecular weight excluding hydrogens is 252 g/mol. The Morgan fingerprint density at radius 1 is 1.07 bits per heavy atom.